The average molecular weight is 283 g/mol. The van der Waals surface area contributed by atoms with Gasteiger partial charge in [0.25, 0.3) is 0 Å². The van der Waals surface area contributed by atoms with Gasteiger partial charge in [0, 0.05) is 24.4 Å². The number of nitrogens with zero attached hydrogens (tertiary/aromatic N) is 2. The third-order valence-electron chi connectivity index (χ3n) is 3.40. The molecule has 0 saturated heterocycles. The van der Waals surface area contributed by atoms with Crippen LogP contribution in [0.2, 0.25) is 0 Å². The van der Waals surface area contributed by atoms with E-state index in [1.807, 2.05) is 13.1 Å². The van der Waals surface area contributed by atoms with Gasteiger partial charge in [-0.15, -0.1) is 0 Å². The third kappa shape index (κ3) is 4.28. The SMILES string of the molecule is CCCc1cc(NC)nc(-c2ccc(CC(C)C)cc2)n1. The molecule has 0 amide bonds. The molecule has 0 spiro atoms. The van der Waals surface area contributed by atoms with Gasteiger partial charge in [-0.2, -0.15) is 0 Å². The Morgan fingerprint density at radius 1 is 1.10 bits per heavy atom. The number of hydrogen-bond acceptors (Lipinski definition) is 3. The molecule has 2 aromatic rings. The molecule has 1 aromatic heterocycles. The van der Waals surface area contributed by atoms with Crippen LogP contribution in [0.4, 0.5) is 5.82 Å². The van der Waals surface area contributed by atoms with Crippen LogP contribution in [-0.4, -0.2) is 17.0 Å². The maximum atomic E-state index is 4.68. The molecule has 0 fully saturated rings. The molecule has 112 valence electrons. The number of anilines is 1. The van der Waals surface area contributed by atoms with Crippen molar-refractivity contribution in [2.45, 2.75) is 40.0 Å². The van der Waals surface area contributed by atoms with Gasteiger partial charge in [0.05, 0.1) is 0 Å². The normalized spacial score (nSPS) is 10.9. The molecule has 1 aromatic carbocycles. The van der Waals surface area contributed by atoms with Crippen LogP contribution in [0.25, 0.3) is 11.4 Å². The number of nitrogens with one attached hydrogen (secondary N) is 1. The summed E-state index contributed by atoms with van der Waals surface area (Å²) >= 11 is 0. The predicted molar refractivity (Wildman–Crippen MR) is 89.6 cm³/mol. The predicted octanol–water partition coefficient (Wildman–Crippen LogP) is 4.34. The Morgan fingerprint density at radius 2 is 1.81 bits per heavy atom. The van der Waals surface area contributed by atoms with Crippen LogP contribution in [0, 0.1) is 5.92 Å². The summed E-state index contributed by atoms with van der Waals surface area (Å²) in [6.45, 7) is 6.65. The van der Waals surface area contributed by atoms with Crippen molar-refractivity contribution in [2.75, 3.05) is 12.4 Å². The zero-order valence-electron chi connectivity index (χ0n) is 13.5. The lowest BCUT2D eigenvalue weighted by Gasteiger charge is -2.09. The quantitative estimate of drug-likeness (QED) is 0.857. The fraction of sp³-hybridized carbons (Fsp3) is 0.444. The van der Waals surface area contributed by atoms with E-state index in [-0.39, 0.29) is 0 Å². The minimum absolute atomic E-state index is 0.677. The molecule has 0 saturated carbocycles. The Balaban J connectivity index is 2.29. The Kier molecular flexibility index (Phi) is 5.32. The summed E-state index contributed by atoms with van der Waals surface area (Å²) in [7, 11) is 1.90. The molecular formula is C18H25N3. The molecule has 3 heteroatoms. The fourth-order valence-electron chi connectivity index (χ4n) is 2.40. The molecule has 0 bridgehead atoms. The molecule has 0 aliphatic rings. The lowest BCUT2D eigenvalue weighted by atomic mass is 10.0. The minimum atomic E-state index is 0.677. The van der Waals surface area contributed by atoms with Crippen molar-refractivity contribution in [1.82, 2.24) is 9.97 Å². The molecule has 0 atom stereocenters. The van der Waals surface area contributed by atoms with E-state index in [0.717, 1.165) is 42.2 Å². The molecule has 2 rings (SSSR count). The summed E-state index contributed by atoms with van der Waals surface area (Å²) in [6.07, 6.45) is 3.18. The van der Waals surface area contributed by atoms with Crippen molar-refractivity contribution >= 4 is 5.82 Å². The minimum Gasteiger partial charge on any atom is -0.373 e. The highest BCUT2D eigenvalue weighted by atomic mass is 15.0. The van der Waals surface area contributed by atoms with E-state index in [1.54, 1.807) is 0 Å². The number of aryl methyl sites for hydroxylation is 1. The van der Waals surface area contributed by atoms with Crippen LogP contribution in [0.1, 0.15) is 38.4 Å². The van der Waals surface area contributed by atoms with Crippen LogP contribution in [0.15, 0.2) is 30.3 Å². The summed E-state index contributed by atoms with van der Waals surface area (Å²) < 4.78 is 0. The highest BCUT2D eigenvalue weighted by Gasteiger charge is 2.07. The molecule has 21 heavy (non-hydrogen) atoms. The summed E-state index contributed by atoms with van der Waals surface area (Å²) in [5.74, 6) is 2.37. The van der Waals surface area contributed by atoms with E-state index < -0.39 is 0 Å². The van der Waals surface area contributed by atoms with E-state index in [4.69, 9.17) is 0 Å². The standard InChI is InChI=1S/C18H25N3/c1-5-6-16-12-17(19-4)21-18(20-16)15-9-7-14(8-10-15)11-13(2)3/h7-10,12-13H,5-6,11H2,1-4H3,(H,19,20,21). The molecule has 0 radical (unpaired) electrons. The number of benzene rings is 1. The summed E-state index contributed by atoms with van der Waals surface area (Å²) in [5, 5.41) is 3.12. The van der Waals surface area contributed by atoms with Crippen LogP contribution in [0.5, 0.6) is 0 Å². The Morgan fingerprint density at radius 3 is 2.38 bits per heavy atom. The molecule has 3 nitrogen and oxygen atoms in total. The van der Waals surface area contributed by atoms with E-state index in [2.05, 4.69) is 60.3 Å². The van der Waals surface area contributed by atoms with Crippen LogP contribution < -0.4 is 5.32 Å². The van der Waals surface area contributed by atoms with Gasteiger partial charge in [0.1, 0.15) is 5.82 Å². The first kappa shape index (κ1) is 15.5. The van der Waals surface area contributed by atoms with Gasteiger partial charge >= 0.3 is 0 Å². The van der Waals surface area contributed by atoms with Crippen LogP contribution in [0.3, 0.4) is 0 Å². The summed E-state index contributed by atoms with van der Waals surface area (Å²) in [4.78, 5) is 9.25. The van der Waals surface area contributed by atoms with E-state index in [1.165, 1.54) is 5.56 Å². The first-order valence-corrected chi connectivity index (χ1v) is 7.77. The molecule has 0 aliphatic carbocycles. The van der Waals surface area contributed by atoms with Crippen molar-refractivity contribution in [3.63, 3.8) is 0 Å². The molecule has 1 N–H and O–H groups in total. The Hall–Kier alpha value is -1.90. The van der Waals surface area contributed by atoms with E-state index >= 15 is 0 Å². The second-order valence-electron chi connectivity index (χ2n) is 5.86. The molecule has 1 heterocycles. The van der Waals surface area contributed by atoms with Gasteiger partial charge in [-0.3, -0.25) is 0 Å². The second-order valence-corrected chi connectivity index (χ2v) is 5.86. The van der Waals surface area contributed by atoms with Crippen LogP contribution in [-0.2, 0) is 12.8 Å². The summed E-state index contributed by atoms with van der Waals surface area (Å²) in [6, 6.07) is 10.7. The molecular weight excluding hydrogens is 258 g/mol. The third-order valence-corrected chi connectivity index (χ3v) is 3.40. The highest BCUT2D eigenvalue weighted by molar-refractivity contribution is 5.58. The zero-order chi connectivity index (χ0) is 15.2. The first-order valence-electron chi connectivity index (χ1n) is 7.77. The monoisotopic (exact) mass is 283 g/mol. The van der Waals surface area contributed by atoms with Crippen LogP contribution >= 0.6 is 0 Å². The van der Waals surface area contributed by atoms with Crippen molar-refractivity contribution in [3.8, 4) is 11.4 Å². The van der Waals surface area contributed by atoms with E-state index in [9.17, 15) is 0 Å². The van der Waals surface area contributed by atoms with Gasteiger partial charge in [0.15, 0.2) is 5.82 Å². The smallest absolute Gasteiger partial charge is 0.161 e. The topological polar surface area (TPSA) is 37.8 Å². The maximum Gasteiger partial charge on any atom is 0.161 e. The lowest BCUT2D eigenvalue weighted by Crippen LogP contribution is -2.01. The van der Waals surface area contributed by atoms with Crippen molar-refractivity contribution in [3.05, 3.63) is 41.6 Å². The van der Waals surface area contributed by atoms with Gasteiger partial charge in [-0.05, 0) is 24.3 Å². The summed E-state index contributed by atoms with van der Waals surface area (Å²) in [5.41, 5.74) is 3.54. The van der Waals surface area contributed by atoms with E-state index in [0.29, 0.717) is 5.92 Å². The maximum absolute atomic E-state index is 4.68. The number of aromatic nitrogens is 2. The Bertz CT molecular complexity index is 574. The van der Waals surface area contributed by atoms with Crippen molar-refractivity contribution in [2.24, 2.45) is 5.92 Å². The zero-order valence-corrected chi connectivity index (χ0v) is 13.5. The van der Waals surface area contributed by atoms with Gasteiger partial charge in [-0.25, -0.2) is 9.97 Å². The largest absolute Gasteiger partial charge is 0.373 e. The molecule has 0 unspecified atom stereocenters. The first-order chi connectivity index (χ1) is 10.1. The average Bonchev–Trinajstić information content (AvgIpc) is 2.47. The second kappa shape index (κ2) is 7.21. The highest BCUT2D eigenvalue weighted by Crippen LogP contribution is 2.20. The molecule has 0 aliphatic heterocycles. The number of rotatable bonds is 6. The van der Waals surface area contributed by atoms with Crippen molar-refractivity contribution in [1.29, 1.82) is 0 Å². The number of hydrogen-bond donors (Lipinski definition) is 1. The Labute approximate surface area is 127 Å². The van der Waals surface area contributed by atoms with Gasteiger partial charge in [-0.1, -0.05) is 51.5 Å². The van der Waals surface area contributed by atoms with Crippen molar-refractivity contribution < 1.29 is 0 Å². The fourth-order valence-corrected chi connectivity index (χ4v) is 2.40. The van der Waals surface area contributed by atoms with Gasteiger partial charge < -0.3 is 5.32 Å². The lowest BCUT2D eigenvalue weighted by molar-refractivity contribution is 0.647. The van der Waals surface area contributed by atoms with Gasteiger partial charge in [0.2, 0.25) is 0 Å².